The van der Waals surface area contributed by atoms with Crippen molar-refractivity contribution in [2.24, 2.45) is 0 Å². The second kappa shape index (κ2) is 8.24. The minimum absolute atomic E-state index is 0.153. The van der Waals surface area contributed by atoms with Crippen molar-refractivity contribution in [2.75, 3.05) is 13.1 Å². The maximum atomic E-state index is 12.3. The number of amides is 1. The predicted octanol–water partition coefficient (Wildman–Crippen LogP) is 5.68. The molecular weight excluding hydrogens is 416 g/mol. The normalized spacial score (nSPS) is 14.2. The predicted molar refractivity (Wildman–Crippen MR) is 126 cm³/mol. The van der Waals surface area contributed by atoms with Crippen molar-refractivity contribution in [3.63, 3.8) is 0 Å². The van der Waals surface area contributed by atoms with Crippen molar-refractivity contribution in [1.29, 1.82) is 0 Å². The number of nitrogens with zero attached hydrogens (tertiary/aromatic N) is 4. The Hall–Kier alpha value is -3.87. The van der Waals surface area contributed by atoms with Crippen molar-refractivity contribution >= 4 is 17.1 Å². The molecular formula is C26H26N4O3. The van der Waals surface area contributed by atoms with E-state index >= 15 is 0 Å². The molecule has 4 aromatic rings. The third-order valence-corrected chi connectivity index (χ3v) is 5.52. The molecule has 3 heterocycles. The lowest BCUT2D eigenvalue weighted by molar-refractivity contribution is 0.00158. The zero-order valence-corrected chi connectivity index (χ0v) is 18.9. The van der Waals surface area contributed by atoms with Gasteiger partial charge in [-0.25, -0.2) is 14.8 Å². The Morgan fingerprint density at radius 2 is 1.64 bits per heavy atom. The van der Waals surface area contributed by atoms with Gasteiger partial charge >= 0.3 is 6.09 Å². The lowest BCUT2D eigenvalue weighted by atomic mass is 10.1. The van der Waals surface area contributed by atoms with Gasteiger partial charge in [-0.05, 0) is 63.2 Å². The van der Waals surface area contributed by atoms with Crippen LogP contribution >= 0.6 is 0 Å². The molecule has 168 valence electrons. The van der Waals surface area contributed by atoms with Crippen LogP contribution in [0.5, 0.6) is 11.5 Å². The Bertz CT molecular complexity index is 1270. The fraction of sp³-hybridized carbons (Fsp3) is 0.269. The quantitative estimate of drug-likeness (QED) is 0.407. The molecule has 0 atom stereocenters. The maximum Gasteiger partial charge on any atom is 0.410 e. The monoisotopic (exact) mass is 442 g/mol. The van der Waals surface area contributed by atoms with Gasteiger partial charge in [-0.1, -0.05) is 18.2 Å². The van der Waals surface area contributed by atoms with Crippen LogP contribution in [0.15, 0.2) is 73.2 Å². The molecule has 0 bridgehead atoms. The standard InChI is InChI=1S/C26H26N4O3/c1-26(2,3)33-25(31)29-15-19(16-29)30-14-13-22-24(30)23(28-17-27-22)18-9-11-21(12-10-18)32-20-7-5-4-6-8-20/h4-14,17,19H,15-16H2,1-3H3. The number of para-hydroxylation sites is 1. The molecule has 0 saturated carbocycles. The van der Waals surface area contributed by atoms with Gasteiger partial charge in [-0.3, -0.25) is 0 Å². The zero-order valence-electron chi connectivity index (χ0n) is 18.9. The van der Waals surface area contributed by atoms with Crippen LogP contribution in [0.3, 0.4) is 0 Å². The van der Waals surface area contributed by atoms with E-state index in [1.54, 1.807) is 11.2 Å². The lowest BCUT2D eigenvalue weighted by Gasteiger charge is -2.40. The average Bonchev–Trinajstić information content (AvgIpc) is 3.17. The SMILES string of the molecule is CC(C)(C)OC(=O)N1CC(n2ccc3ncnc(-c4ccc(Oc5ccccc5)cc4)c32)C1. The second-order valence-corrected chi connectivity index (χ2v) is 9.16. The van der Waals surface area contributed by atoms with Gasteiger partial charge in [0.2, 0.25) is 0 Å². The number of hydrogen-bond donors (Lipinski definition) is 0. The number of rotatable bonds is 4. The van der Waals surface area contributed by atoms with Crippen LogP contribution in [0.1, 0.15) is 26.8 Å². The number of fused-ring (bicyclic) bond motifs is 1. The van der Waals surface area contributed by atoms with E-state index in [4.69, 9.17) is 9.47 Å². The first-order valence-corrected chi connectivity index (χ1v) is 11.0. The van der Waals surface area contributed by atoms with E-state index in [9.17, 15) is 4.79 Å². The molecule has 1 aliphatic rings. The zero-order chi connectivity index (χ0) is 23.0. The van der Waals surface area contributed by atoms with Crippen molar-refractivity contribution in [3.05, 3.63) is 73.2 Å². The summed E-state index contributed by atoms with van der Waals surface area (Å²) >= 11 is 0. The van der Waals surface area contributed by atoms with Gasteiger partial charge in [0.15, 0.2) is 0 Å². The third kappa shape index (κ3) is 4.39. The highest BCUT2D eigenvalue weighted by atomic mass is 16.6. The lowest BCUT2D eigenvalue weighted by Crippen LogP contribution is -2.52. The van der Waals surface area contributed by atoms with Gasteiger partial charge in [0, 0.05) is 24.8 Å². The summed E-state index contributed by atoms with van der Waals surface area (Å²) in [7, 11) is 0. The number of likely N-dealkylation sites (tertiary alicyclic amines) is 1. The van der Waals surface area contributed by atoms with E-state index in [1.807, 2.05) is 87.6 Å². The summed E-state index contributed by atoms with van der Waals surface area (Å²) in [6.45, 7) is 6.82. The summed E-state index contributed by atoms with van der Waals surface area (Å²) in [6.07, 6.45) is 3.33. The molecule has 1 amide bonds. The summed E-state index contributed by atoms with van der Waals surface area (Å²) in [5.74, 6) is 1.56. The van der Waals surface area contributed by atoms with Gasteiger partial charge in [-0.2, -0.15) is 0 Å². The molecule has 2 aromatic heterocycles. The molecule has 7 nitrogen and oxygen atoms in total. The van der Waals surface area contributed by atoms with Gasteiger partial charge in [0.05, 0.1) is 22.8 Å². The van der Waals surface area contributed by atoms with E-state index in [0.29, 0.717) is 13.1 Å². The van der Waals surface area contributed by atoms with E-state index in [0.717, 1.165) is 33.8 Å². The molecule has 1 aliphatic heterocycles. The second-order valence-electron chi connectivity index (χ2n) is 9.16. The number of benzene rings is 2. The van der Waals surface area contributed by atoms with E-state index in [2.05, 4.69) is 14.5 Å². The Morgan fingerprint density at radius 3 is 2.33 bits per heavy atom. The van der Waals surface area contributed by atoms with Crippen molar-refractivity contribution in [3.8, 4) is 22.8 Å². The minimum atomic E-state index is -0.500. The molecule has 5 rings (SSSR count). The minimum Gasteiger partial charge on any atom is -0.457 e. The van der Waals surface area contributed by atoms with E-state index in [-0.39, 0.29) is 12.1 Å². The summed E-state index contributed by atoms with van der Waals surface area (Å²) in [6, 6.07) is 19.7. The van der Waals surface area contributed by atoms with Crippen LogP contribution < -0.4 is 4.74 Å². The molecule has 33 heavy (non-hydrogen) atoms. The highest BCUT2D eigenvalue weighted by Gasteiger charge is 2.35. The van der Waals surface area contributed by atoms with Crippen LogP contribution in [-0.4, -0.2) is 44.2 Å². The largest absolute Gasteiger partial charge is 0.457 e. The van der Waals surface area contributed by atoms with Crippen molar-refractivity contribution in [2.45, 2.75) is 32.4 Å². The topological polar surface area (TPSA) is 69.5 Å². The first kappa shape index (κ1) is 21.0. The number of carbonyl (C=O) groups is 1. The van der Waals surface area contributed by atoms with Gasteiger partial charge in [-0.15, -0.1) is 0 Å². The molecule has 0 N–H and O–H groups in total. The Labute approximate surface area is 192 Å². The highest BCUT2D eigenvalue weighted by molar-refractivity contribution is 5.90. The molecule has 0 spiro atoms. The van der Waals surface area contributed by atoms with Crippen LogP contribution in [0.4, 0.5) is 4.79 Å². The van der Waals surface area contributed by atoms with Gasteiger partial charge in [0.25, 0.3) is 0 Å². The fourth-order valence-electron chi connectivity index (χ4n) is 3.92. The van der Waals surface area contributed by atoms with Gasteiger partial charge in [0.1, 0.15) is 23.4 Å². The van der Waals surface area contributed by atoms with Crippen molar-refractivity contribution in [1.82, 2.24) is 19.4 Å². The fourth-order valence-corrected chi connectivity index (χ4v) is 3.92. The van der Waals surface area contributed by atoms with Crippen LogP contribution in [0.2, 0.25) is 0 Å². The number of hydrogen-bond acceptors (Lipinski definition) is 5. The number of ether oxygens (including phenoxy) is 2. The number of carbonyl (C=O) groups excluding carboxylic acids is 1. The Balaban J connectivity index is 1.37. The van der Waals surface area contributed by atoms with Crippen LogP contribution in [0.25, 0.3) is 22.3 Å². The average molecular weight is 443 g/mol. The van der Waals surface area contributed by atoms with Crippen molar-refractivity contribution < 1.29 is 14.3 Å². The molecule has 7 heteroatoms. The molecule has 2 aromatic carbocycles. The van der Waals surface area contributed by atoms with Crippen LogP contribution in [-0.2, 0) is 4.74 Å². The third-order valence-electron chi connectivity index (χ3n) is 5.52. The summed E-state index contributed by atoms with van der Waals surface area (Å²) in [5, 5.41) is 0. The van der Waals surface area contributed by atoms with Gasteiger partial charge < -0.3 is 18.9 Å². The van der Waals surface area contributed by atoms with E-state index < -0.39 is 5.60 Å². The van der Waals surface area contributed by atoms with E-state index in [1.165, 1.54) is 0 Å². The Morgan fingerprint density at radius 1 is 0.939 bits per heavy atom. The molecule has 0 unspecified atom stereocenters. The summed E-state index contributed by atoms with van der Waals surface area (Å²) < 4.78 is 13.6. The molecule has 1 saturated heterocycles. The first-order chi connectivity index (χ1) is 15.9. The molecule has 0 aliphatic carbocycles. The number of aromatic nitrogens is 3. The molecule has 0 radical (unpaired) electrons. The maximum absolute atomic E-state index is 12.3. The Kier molecular flexibility index (Phi) is 5.24. The molecule has 1 fully saturated rings. The summed E-state index contributed by atoms with van der Waals surface area (Å²) in [5.41, 5.74) is 3.17. The summed E-state index contributed by atoms with van der Waals surface area (Å²) in [4.78, 5) is 23.1. The first-order valence-electron chi connectivity index (χ1n) is 11.0. The highest BCUT2D eigenvalue weighted by Crippen LogP contribution is 2.33. The smallest absolute Gasteiger partial charge is 0.410 e. The van der Waals surface area contributed by atoms with Crippen LogP contribution in [0, 0.1) is 0 Å².